The fourth-order valence-corrected chi connectivity index (χ4v) is 4.05. The smallest absolute Gasteiger partial charge is 0.271 e. The fourth-order valence-electron chi connectivity index (χ4n) is 3.87. The minimum Gasteiger partial charge on any atom is -0.323 e. The molecule has 0 bridgehead atoms. The monoisotopic (exact) mass is 421 g/mol. The number of carbonyl (C=O) groups excluding carboxylic acids is 1. The van der Waals surface area contributed by atoms with Crippen LogP contribution in [-0.2, 0) is 17.6 Å². The van der Waals surface area contributed by atoms with Gasteiger partial charge in [-0.05, 0) is 57.2 Å². The van der Waals surface area contributed by atoms with Gasteiger partial charge in [-0.1, -0.05) is 53.6 Å². The van der Waals surface area contributed by atoms with Gasteiger partial charge < -0.3 is 5.32 Å². The van der Waals surface area contributed by atoms with Crippen LogP contribution in [0.2, 0.25) is 5.02 Å². The quantitative estimate of drug-likeness (QED) is 0.648. The highest BCUT2D eigenvalue weighted by Gasteiger charge is 2.25. The lowest BCUT2D eigenvalue weighted by Gasteiger charge is -2.22. The Hall–Kier alpha value is -2.92. The van der Waals surface area contributed by atoms with Crippen molar-refractivity contribution in [3.8, 4) is 11.3 Å². The zero-order valence-electron chi connectivity index (χ0n) is 17.1. The molecule has 1 amide bonds. The number of hydrogen-bond acceptors (Lipinski definition) is 3. The summed E-state index contributed by atoms with van der Waals surface area (Å²) in [5.74, 6) is -0.330. The zero-order valence-corrected chi connectivity index (χ0v) is 17.9. The van der Waals surface area contributed by atoms with Gasteiger partial charge in [0.15, 0.2) is 0 Å². The summed E-state index contributed by atoms with van der Waals surface area (Å²) >= 11 is 6.16. The molecule has 0 saturated heterocycles. The number of nitrogens with zero attached hydrogens (tertiary/aromatic N) is 2. The molecule has 3 aromatic rings. The first-order valence-corrected chi connectivity index (χ1v) is 10.6. The van der Waals surface area contributed by atoms with E-state index in [0.717, 1.165) is 47.2 Å². The molecule has 1 aliphatic carbocycles. The second kappa shape index (κ2) is 8.44. The molecule has 0 aliphatic heterocycles. The van der Waals surface area contributed by atoms with E-state index in [-0.39, 0.29) is 11.5 Å². The average molecular weight is 422 g/mol. The third kappa shape index (κ3) is 3.90. The van der Waals surface area contributed by atoms with E-state index in [1.165, 1.54) is 4.68 Å². The van der Waals surface area contributed by atoms with E-state index in [4.69, 9.17) is 11.6 Å². The molecule has 0 radical (unpaired) electrons. The molecular formula is C24H24ClN3O2. The molecule has 0 spiro atoms. The third-order valence-corrected chi connectivity index (χ3v) is 5.96. The van der Waals surface area contributed by atoms with Gasteiger partial charge >= 0.3 is 0 Å². The Morgan fingerprint density at radius 3 is 2.43 bits per heavy atom. The van der Waals surface area contributed by atoms with Crippen LogP contribution in [0, 0.1) is 6.92 Å². The largest absolute Gasteiger partial charge is 0.323 e. The number of anilines is 1. The highest BCUT2D eigenvalue weighted by atomic mass is 35.5. The lowest BCUT2D eigenvalue weighted by atomic mass is 9.89. The van der Waals surface area contributed by atoms with Crippen molar-refractivity contribution in [2.45, 2.75) is 45.6 Å². The highest BCUT2D eigenvalue weighted by molar-refractivity contribution is 6.33. The van der Waals surface area contributed by atoms with Gasteiger partial charge in [0.2, 0.25) is 5.91 Å². The molecule has 6 heteroatoms. The number of rotatable bonds is 4. The Kier molecular flexibility index (Phi) is 5.73. The predicted octanol–water partition coefficient (Wildman–Crippen LogP) is 4.95. The Morgan fingerprint density at radius 1 is 1.07 bits per heavy atom. The number of benzene rings is 2. The number of aryl methyl sites for hydroxylation is 1. The lowest BCUT2D eigenvalue weighted by Crippen LogP contribution is -2.37. The molecule has 1 aromatic heterocycles. The van der Waals surface area contributed by atoms with Crippen LogP contribution in [-0.4, -0.2) is 15.7 Å². The zero-order chi connectivity index (χ0) is 21.3. The van der Waals surface area contributed by atoms with Crippen LogP contribution in [0.3, 0.4) is 0 Å². The summed E-state index contributed by atoms with van der Waals surface area (Å²) in [6, 6.07) is 14.4. The van der Waals surface area contributed by atoms with Crippen LogP contribution >= 0.6 is 11.6 Å². The van der Waals surface area contributed by atoms with E-state index in [1.807, 2.05) is 31.2 Å². The van der Waals surface area contributed by atoms with E-state index in [0.29, 0.717) is 17.1 Å². The minimum atomic E-state index is -0.773. The van der Waals surface area contributed by atoms with Crippen molar-refractivity contribution < 1.29 is 4.79 Å². The van der Waals surface area contributed by atoms with Gasteiger partial charge in [0.25, 0.3) is 5.56 Å². The minimum absolute atomic E-state index is 0.178. The number of fused-ring (bicyclic) bond motifs is 1. The van der Waals surface area contributed by atoms with E-state index in [2.05, 4.69) is 10.4 Å². The molecule has 0 saturated carbocycles. The SMILES string of the molecule is Cc1ccc(-c2nn([C@@H](C)C(=O)Nc3ccccc3Cl)c(=O)c3c2CCCC3)cc1. The first kappa shape index (κ1) is 20.4. The van der Waals surface area contributed by atoms with Crippen molar-refractivity contribution in [1.82, 2.24) is 9.78 Å². The number of para-hydroxylation sites is 1. The van der Waals surface area contributed by atoms with Crippen molar-refractivity contribution in [1.29, 1.82) is 0 Å². The predicted molar refractivity (Wildman–Crippen MR) is 120 cm³/mol. The van der Waals surface area contributed by atoms with Crippen molar-refractivity contribution in [3.05, 3.63) is 80.6 Å². The van der Waals surface area contributed by atoms with Crippen LogP contribution in [0.15, 0.2) is 53.3 Å². The average Bonchev–Trinajstić information content (AvgIpc) is 2.76. The summed E-state index contributed by atoms with van der Waals surface area (Å²) in [5, 5.41) is 7.94. The van der Waals surface area contributed by atoms with Gasteiger partial charge in [-0.15, -0.1) is 0 Å². The van der Waals surface area contributed by atoms with Crippen LogP contribution in [0.4, 0.5) is 5.69 Å². The normalized spacial score (nSPS) is 14.1. The van der Waals surface area contributed by atoms with E-state index in [9.17, 15) is 9.59 Å². The van der Waals surface area contributed by atoms with Crippen molar-refractivity contribution in [2.75, 3.05) is 5.32 Å². The number of carbonyl (C=O) groups is 1. The lowest BCUT2D eigenvalue weighted by molar-refractivity contribution is -0.119. The molecule has 1 atom stereocenters. The highest BCUT2D eigenvalue weighted by Crippen LogP contribution is 2.29. The van der Waals surface area contributed by atoms with Gasteiger partial charge in [-0.2, -0.15) is 5.10 Å². The number of nitrogens with one attached hydrogen (secondary N) is 1. The van der Waals surface area contributed by atoms with Crippen molar-refractivity contribution >= 4 is 23.2 Å². The van der Waals surface area contributed by atoms with E-state index in [1.54, 1.807) is 31.2 Å². The van der Waals surface area contributed by atoms with E-state index >= 15 is 0 Å². The summed E-state index contributed by atoms with van der Waals surface area (Å²) < 4.78 is 1.32. The Labute approximate surface area is 180 Å². The van der Waals surface area contributed by atoms with Crippen LogP contribution < -0.4 is 10.9 Å². The molecule has 1 heterocycles. The van der Waals surface area contributed by atoms with Crippen LogP contribution in [0.25, 0.3) is 11.3 Å². The number of aromatic nitrogens is 2. The summed E-state index contributed by atoms with van der Waals surface area (Å²) in [5.41, 5.74) is 5.05. The molecule has 4 rings (SSSR count). The van der Waals surface area contributed by atoms with Gasteiger partial charge in [0.1, 0.15) is 6.04 Å². The number of amides is 1. The number of hydrogen-bond donors (Lipinski definition) is 1. The van der Waals surface area contributed by atoms with Gasteiger partial charge in [0.05, 0.1) is 16.4 Å². The maximum Gasteiger partial charge on any atom is 0.271 e. The molecule has 0 unspecified atom stereocenters. The summed E-state index contributed by atoms with van der Waals surface area (Å²) in [6.45, 7) is 3.73. The molecule has 1 aliphatic rings. The Bertz CT molecular complexity index is 1150. The topological polar surface area (TPSA) is 64.0 Å². The summed E-state index contributed by atoms with van der Waals surface area (Å²) in [7, 11) is 0. The first-order valence-electron chi connectivity index (χ1n) is 10.2. The maximum absolute atomic E-state index is 13.2. The Morgan fingerprint density at radius 2 is 1.73 bits per heavy atom. The molecule has 5 nitrogen and oxygen atoms in total. The molecule has 0 fully saturated rings. The Balaban J connectivity index is 1.76. The number of halogens is 1. The second-order valence-electron chi connectivity index (χ2n) is 7.77. The standard InChI is InChI=1S/C24H24ClN3O2/c1-15-11-13-17(14-12-15)22-18-7-3-4-8-19(18)24(30)28(27-22)16(2)23(29)26-21-10-6-5-9-20(21)25/h5-6,9-14,16H,3-4,7-8H2,1-2H3,(H,26,29)/t16-/m0/s1. The second-order valence-corrected chi connectivity index (χ2v) is 8.18. The summed E-state index contributed by atoms with van der Waals surface area (Å²) in [6.07, 6.45) is 3.57. The first-order chi connectivity index (χ1) is 14.5. The third-order valence-electron chi connectivity index (χ3n) is 5.63. The van der Waals surface area contributed by atoms with Crippen molar-refractivity contribution in [2.24, 2.45) is 0 Å². The van der Waals surface area contributed by atoms with Gasteiger partial charge in [0, 0.05) is 11.1 Å². The maximum atomic E-state index is 13.2. The van der Waals surface area contributed by atoms with Gasteiger partial charge in [-0.25, -0.2) is 4.68 Å². The molecule has 154 valence electrons. The van der Waals surface area contributed by atoms with Crippen LogP contribution in [0.1, 0.15) is 42.5 Å². The molecule has 30 heavy (non-hydrogen) atoms. The summed E-state index contributed by atoms with van der Waals surface area (Å²) in [4.78, 5) is 26.1. The molecule has 2 aromatic carbocycles. The van der Waals surface area contributed by atoms with E-state index < -0.39 is 6.04 Å². The molecule has 1 N–H and O–H groups in total. The molecular weight excluding hydrogens is 398 g/mol. The van der Waals surface area contributed by atoms with Gasteiger partial charge in [-0.3, -0.25) is 9.59 Å². The van der Waals surface area contributed by atoms with Crippen LogP contribution in [0.5, 0.6) is 0 Å². The fraction of sp³-hybridized carbons (Fsp3) is 0.292. The van der Waals surface area contributed by atoms with Crippen molar-refractivity contribution in [3.63, 3.8) is 0 Å².